The molecule has 0 saturated carbocycles. The summed E-state index contributed by atoms with van der Waals surface area (Å²) in [6.07, 6.45) is -0.352. The molecule has 0 aliphatic heterocycles. The van der Waals surface area contributed by atoms with E-state index >= 15 is 0 Å². The lowest BCUT2D eigenvalue weighted by atomic mass is 9.95. The molecule has 8 heteroatoms. The molecular weight excluding hydrogens is 436 g/mol. The van der Waals surface area contributed by atoms with Gasteiger partial charge in [-0.05, 0) is 41.0 Å². The highest BCUT2D eigenvalue weighted by Gasteiger charge is 2.21. The van der Waals surface area contributed by atoms with Crippen molar-refractivity contribution in [3.8, 4) is 11.5 Å². The molecule has 0 spiro atoms. The Morgan fingerprint density at radius 1 is 0.882 bits per heavy atom. The molecule has 1 unspecified atom stereocenters. The minimum Gasteiger partial charge on any atom is -0.489 e. The van der Waals surface area contributed by atoms with Gasteiger partial charge in [-0.2, -0.15) is 0 Å². The highest BCUT2D eigenvalue weighted by atomic mass is 16.5. The molecule has 8 nitrogen and oxygen atoms in total. The van der Waals surface area contributed by atoms with Crippen molar-refractivity contribution in [2.24, 2.45) is 5.73 Å². The van der Waals surface area contributed by atoms with Gasteiger partial charge >= 0.3 is 5.97 Å². The minimum atomic E-state index is -1.08. The number of carbonyl (C=O) groups is 2. The fourth-order valence-corrected chi connectivity index (χ4v) is 3.08. The van der Waals surface area contributed by atoms with Gasteiger partial charge in [-0.15, -0.1) is 0 Å². The van der Waals surface area contributed by atoms with Crippen LogP contribution in [0.3, 0.4) is 0 Å². The quantitative estimate of drug-likeness (QED) is 0.321. The number of nitrogens with one attached hydrogen (secondary N) is 1. The van der Waals surface area contributed by atoms with Crippen molar-refractivity contribution < 1.29 is 29.3 Å². The monoisotopic (exact) mass is 464 g/mol. The first-order chi connectivity index (χ1) is 16.4. The van der Waals surface area contributed by atoms with Crippen LogP contribution in [0.1, 0.15) is 29.0 Å². The lowest BCUT2D eigenvalue weighted by molar-refractivity contribution is -0.139. The molecule has 5 N–H and O–H groups in total. The third kappa shape index (κ3) is 8.07. The van der Waals surface area contributed by atoms with E-state index in [9.17, 15) is 9.59 Å². The predicted molar refractivity (Wildman–Crippen MR) is 128 cm³/mol. The van der Waals surface area contributed by atoms with Crippen LogP contribution in [0.4, 0.5) is 0 Å². The van der Waals surface area contributed by atoms with Gasteiger partial charge < -0.3 is 30.8 Å². The summed E-state index contributed by atoms with van der Waals surface area (Å²) < 4.78 is 11.4. The van der Waals surface area contributed by atoms with Gasteiger partial charge in [0.25, 0.3) is 0 Å². The Kier molecular flexibility index (Phi) is 10.3. The number of hydrogen-bond acceptors (Lipinski definition) is 6. The summed E-state index contributed by atoms with van der Waals surface area (Å²) in [5, 5.41) is 24.0. The molecule has 0 bridgehead atoms. The summed E-state index contributed by atoms with van der Waals surface area (Å²) in [7, 11) is 1.00. The number of aliphatic hydroxyl groups is 1. The van der Waals surface area contributed by atoms with Crippen LogP contribution in [-0.2, 0) is 16.2 Å². The maximum absolute atomic E-state index is 11.5. The zero-order valence-electron chi connectivity index (χ0n) is 18.8. The van der Waals surface area contributed by atoms with Crippen molar-refractivity contribution in [2.75, 3.05) is 13.7 Å². The van der Waals surface area contributed by atoms with Crippen LogP contribution in [-0.4, -0.2) is 41.5 Å². The topological polar surface area (TPSA) is 143 Å². The lowest BCUT2D eigenvalue weighted by Crippen LogP contribution is -2.23. The second kappa shape index (κ2) is 13.4. The average Bonchev–Trinajstić information content (AvgIpc) is 2.87. The molecule has 0 aliphatic carbocycles. The third-order valence-electron chi connectivity index (χ3n) is 4.84. The second-order valence-corrected chi connectivity index (χ2v) is 7.19. The molecule has 178 valence electrons. The Morgan fingerprint density at radius 2 is 1.44 bits per heavy atom. The largest absolute Gasteiger partial charge is 0.489 e. The molecule has 3 aromatic rings. The zero-order chi connectivity index (χ0) is 24.9. The molecule has 0 heterocycles. The van der Waals surface area contributed by atoms with Gasteiger partial charge in [0, 0.05) is 7.11 Å². The van der Waals surface area contributed by atoms with E-state index in [1.165, 1.54) is 0 Å². The van der Waals surface area contributed by atoms with Gasteiger partial charge in [0.2, 0.25) is 5.91 Å². The van der Waals surface area contributed by atoms with E-state index in [4.69, 9.17) is 30.8 Å². The first-order valence-corrected chi connectivity index (χ1v) is 10.5. The van der Waals surface area contributed by atoms with E-state index in [1.807, 2.05) is 54.6 Å². The van der Waals surface area contributed by atoms with Gasteiger partial charge in [-0.25, -0.2) is 0 Å². The van der Waals surface area contributed by atoms with Crippen LogP contribution >= 0.6 is 0 Å². The smallest absolute Gasteiger partial charge is 0.304 e. The van der Waals surface area contributed by atoms with Crippen LogP contribution in [0.15, 0.2) is 78.9 Å². The number of carboxylic acid groups (broad SMARTS) is 1. The molecule has 0 radical (unpaired) electrons. The van der Waals surface area contributed by atoms with E-state index < -0.39 is 17.8 Å². The van der Waals surface area contributed by atoms with Crippen molar-refractivity contribution >= 4 is 17.6 Å². The predicted octanol–water partition coefficient (Wildman–Crippen LogP) is 3.36. The van der Waals surface area contributed by atoms with Gasteiger partial charge in [0.05, 0.1) is 18.1 Å². The molecule has 0 saturated heterocycles. The first kappa shape index (κ1) is 26.1. The third-order valence-corrected chi connectivity index (χ3v) is 4.84. The summed E-state index contributed by atoms with van der Waals surface area (Å²) >= 11 is 0. The van der Waals surface area contributed by atoms with Crippen molar-refractivity contribution in [2.45, 2.75) is 18.9 Å². The Morgan fingerprint density at radius 3 is 2.00 bits per heavy atom. The van der Waals surface area contributed by atoms with E-state index in [0.29, 0.717) is 29.4 Å². The highest BCUT2D eigenvalue weighted by molar-refractivity contribution is 5.99. The van der Waals surface area contributed by atoms with Gasteiger partial charge in [0.1, 0.15) is 24.7 Å². The number of rotatable bonds is 11. The van der Waals surface area contributed by atoms with Crippen LogP contribution in [0.25, 0.3) is 0 Å². The SMILES string of the molecule is CO.N=C(COc1ccc(COc2ccc(C(CC(=O)O)C(N)=O)cc2)cc1)c1ccccc1. The van der Waals surface area contributed by atoms with Crippen molar-refractivity contribution in [1.82, 2.24) is 0 Å². The van der Waals surface area contributed by atoms with Crippen LogP contribution in [0.5, 0.6) is 11.5 Å². The van der Waals surface area contributed by atoms with Crippen LogP contribution < -0.4 is 15.2 Å². The van der Waals surface area contributed by atoms with E-state index in [0.717, 1.165) is 18.2 Å². The Hall–Kier alpha value is -4.17. The number of primary amides is 1. The number of carboxylic acids is 1. The molecular formula is C26H28N2O6. The number of aliphatic carboxylic acids is 1. The molecule has 3 aromatic carbocycles. The van der Waals surface area contributed by atoms with Crippen molar-refractivity contribution in [3.05, 3.63) is 95.6 Å². The number of benzene rings is 3. The Balaban J connectivity index is 0.00000199. The van der Waals surface area contributed by atoms with Gasteiger partial charge in [-0.3, -0.25) is 9.59 Å². The summed E-state index contributed by atoms with van der Waals surface area (Å²) in [5.74, 6) is -1.39. The first-order valence-electron chi connectivity index (χ1n) is 10.5. The molecule has 1 amide bonds. The minimum absolute atomic E-state index is 0.181. The van der Waals surface area contributed by atoms with Crippen molar-refractivity contribution in [3.63, 3.8) is 0 Å². The zero-order valence-corrected chi connectivity index (χ0v) is 18.8. The molecule has 0 aromatic heterocycles. The number of aliphatic hydroxyl groups excluding tert-OH is 1. The van der Waals surface area contributed by atoms with Crippen LogP contribution in [0.2, 0.25) is 0 Å². The normalized spacial score (nSPS) is 10.9. The lowest BCUT2D eigenvalue weighted by Gasteiger charge is -2.13. The molecule has 1 atom stereocenters. The second-order valence-electron chi connectivity index (χ2n) is 7.19. The number of carbonyl (C=O) groups excluding carboxylic acids is 1. The number of ether oxygens (including phenoxy) is 2. The summed E-state index contributed by atoms with van der Waals surface area (Å²) in [4.78, 5) is 22.4. The van der Waals surface area contributed by atoms with Crippen molar-refractivity contribution in [1.29, 1.82) is 5.41 Å². The fraction of sp³-hybridized carbons (Fsp3) is 0.192. The molecule has 0 aliphatic rings. The summed E-state index contributed by atoms with van der Waals surface area (Å²) in [6.45, 7) is 0.508. The molecule has 0 fully saturated rings. The Bertz CT molecular complexity index is 1070. The summed E-state index contributed by atoms with van der Waals surface area (Å²) in [6, 6.07) is 23.5. The molecule has 34 heavy (non-hydrogen) atoms. The van der Waals surface area contributed by atoms with Gasteiger partial charge in [0.15, 0.2) is 0 Å². The van der Waals surface area contributed by atoms with E-state index in [2.05, 4.69) is 0 Å². The van der Waals surface area contributed by atoms with Crippen LogP contribution in [0, 0.1) is 5.41 Å². The van der Waals surface area contributed by atoms with Gasteiger partial charge in [-0.1, -0.05) is 54.6 Å². The fourth-order valence-electron chi connectivity index (χ4n) is 3.08. The number of nitrogens with two attached hydrogens (primary N) is 1. The number of amides is 1. The number of hydrogen-bond donors (Lipinski definition) is 4. The standard InChI is InChI=1S/C25H24N2O5.CH4O/c26-23(19-4-2-1-3-5-19)16-32-20-10-6-17(7-11-20)15-31-21-12-8-18(9-13-21)22(25(27)30)14-24(28)29;1-2/h1-13,22,26H,14-16H2,(H2,27,30)(H,28,29);2H,1H3. The Labute approximate surface area is 198 Å². The molecule has 3 rings (SSSR count). The average molecular weight is 465 g/mol. The maximum Gasteiger partial charge on any atom is 0.304 e. The van der Waals surface area contributed by atoms with E-state index in [-0.39, 0.29) is 13.0 Å². The highest BCUT2D eigenvalue weighted by Crippen LogP contribution is 2.23. The van der Waals surface area contributed by atoms with E-state index in [1.54, 1.807) is 24.3 Å². The maximum atomic E-state index is 11.5. The summed E-state index contributed by atoms with van der Waals surface area (Å²) in [5.41, 5.74) is 8.02.